The maximum absolute atomic E-state index is 13.0. The Balaban J connectivity index is 2.09. The van der Waals surface area contributed by atoms with E-state index in [0.717, 1.165) is 18.2 Å². The van der Waals surface area contributed by atoms with Gasteiger partial charge >= 0.3 is 22.0 Å². The fourth-order valence-corrected chi connectivity index (χ4v) is 3.55. The molecule has 10 heteroatoms. The van der Waals surface area contributed by atoms with E-state index >= 15 is 0 Å². The molecule has 0 aliphatic heterocycles. The minimum Gasteiger partial charge on any atom is -0.378 e. The summed E-state index contributed by atoms with van der Waals surface area (Å²) < 4.78 is 71.2. The summed E-state index contributed by atoms with van der Waals surface area (Å²) in [6.45, 7) is 0. The highest BCUT2D eigenvalue weighted by Crippen LogP contribution is 2.37. The van der Waals surface area contributed by atoms with E-state index in [-0.39, 0.29) is 10.6 Å². The van der Waals surface area contributed by atoms with E-state index < -0.39 is 27.6 Å². The molecule has 0 spiro atoms. The summed E-state index contributed by atoms with van der Waals surface area (Å²) >= 11 is 0. The Labute approximate surface area is 146 Å². The number of aryl methyl sites for hydroxylation is 2. The maximum atomic E-state index is 13.0. The Morgan fingerprint density at radius 2 is 1.58 bits per heavy atom. The summed E-state index contributed by atoms with van der Waals surface area (Å²) in [6.07, 6.45) is -4.76. The molecule has 0 aliphatic carbocycles. The van der Waals surface area contributed by atoms with Crippen LogP contribution in [0.25, 0.3) is 11.0 Å². The molecule has 138 valence electrons. The Hall–Kier alpha value is -2.75. The van der Waals surface area contributed by atoms with Gasteiger partial charge in [0, 0.05) is 14.1 Å². The van der Waals surface area contributed by atoms with Crippen molar-refractivity contribution in [3.63, 3.8) is 0 Å². The third kappa shape index (κ3) is 2.96. The lowest BCUT2D eigenvalue weighted by atomic mass is 10.2. The molecule has 26 heavy (non-hydrogen) atoms. The van der Waals surface area contributed by atoms with Gasteiger partial charge in [0.1, 0.15) is 4.90 Å². The van der Waals surface area contributed by atoms with Crippen molar-refractivity contribution in [2.24, 2.45) is 14.1 Å². The van der Waals surface area contributed by atoms with Crippen LogP contribution >= 0.6 is 0 Å². The van der Waals surface area contributed by atoms with Gasteiger partial charge in [0.25, 0.3) is 0 Å². The van der Waals surface area contributed by atoms with Gasteiger partial charge in [-0.05, 0) is 30.3 Å². The lowest BCUT2D eigenvalue weighted by Crippen LogP contribution is -2.19. The third-order valence-electron chi connectivity index (χ3n) is 3.92. The number of halogens is 3. The summed E-state index contributed by atoms with van der Waals surface area (Å²) in [6, 6.07) is 7.78. The van der Waals surface area contributed by atoms with Gasteiger partial charge in [-0.25, -0.2) is 4.79 Å². The number of benzene rings is 2. The molecule has 1 heterocycles. The molecule has 1 aromatic heterocycles. The predicted octanol–water partition coefficient (Wildman–Crippen LogP) is 2.66. The Kier molecular flexibility index (Phi) is 4.10. The molecular formula is C16H13F3N2O4S. The van der Waals surface area contributed by atoms with Gasteiger partial charge in [0.15, 0.2) is 5.75 Å². The van der Waals surface area contributed by atoms with Crippen LogP contribution in [0.5, 0.6) is 5.75 Å². The highest BCUT2D eigenvalue weighted by Gasteiger charge is 2.35. The number of fused-ring (bicyclic) bond motifs is 1. The topological polar surface area (TPSA) is 70.3 Å². The molecule has 2 aromatic carbocycles. The van der Waals surface area contributed by atoms with Gasteiger partial charge in [-0.2, -0.15) is 21.6 Å². The number of rotatable bonds is 3. The number of nitrogens with zero attached hydrogens (tertiary/aromatic N) is 2. The minimum atomic E-state index is -4.76. The molecule has 0 aliphatic rings. The number of hydrogen-bond acceptors (Lipinski definition) is 4. The minimum absolute atomic E-state index is 0.311. The van der Waals surface area contributed by atoms with Crippen molar-refractivity contribution < 1.29 is 25.8 Å². The van der Waals surface area contributed by atoms with Crippen LogP contribution in [0.2, 0.25) is 0 Å². The Morgan fingerprint density at radius 1 is 0.962 bits per heavy atom. The smallest absolute Gasteiger partial charge is 0.378 e. The summed E-state index contributed by atoms with van der Waals surface area (Å²) in [5.41, 5.74) is -0.770. The van der Waals surface area contributed by atoms with Gasteiger partial charge in [0.05, 0.1) is 16.6 Å². The first-order valence-electron chi connectivity index (χ1n) is 7.28. The number of hydrogen-bond donors (Lipinski definition) is 0. The Morgan fingerprint density at radius 3 is 2.23 bits per heavy atom. The second-order valence-corrected chi connectivity index (χ2v) is 7.13. The van der Waals surface area contributed by atoms with Crippen molar-refractivity contribution in [2.45, 2.75) is 11.1 Å². The molecule has 3 rings (SSSR count). The quantitative estimate of drug-likeness (QED) is 0.649. The second kappa shape index (κ2) is 5.90. The molecule has 0 amide bonds. The van der Waals surface area contributed by atoms with Gasteiger partial charge in [0.2, 0.25) is 0 Å². The van der Waals surface area contributed by atoms with Gasteiger partial charge in [-0.3, -0.25) is 9.13 Å². The number of alkyl halides is 3. The zero-order valence-electron chi connectivity index (χ0n) is 13.6. The van der Waals surface area contributed by atoms with Crippen LogP contribution in [-0.4, -0.2) is 17.6 Å². The lowest BCUT2D eigenvalue weighted by molar-refractivity contribution is -0.138. The number of imidazole rings is 1. The average molecular weight is 386 g/mol. The highest BCUT2D eigenvalue weighted by atomic mass is 32.2. The van der Waals surface area contributed by atoms with Crippen LogP contribution in [0.1, 0.15) is 5.56 Å². The zero-order valence-corrected chi connectivity index (χ0v) is 14.4. The first-order valence-corrected chi connectivity index (χ1v) is 8.69. The van der Waals surface area contributed by atoms with Crippen LogP contribution in [0.4, 0.5) is 13.2 Å². The van der Waals surface area contributed by atoms with E-state index in [0.29, 0.717) is 11.0 Å². The molecule has 0 bridgehead atoms. The summed E-state index contributed by atoms with van der Waals surface area (Å²) in [4.78, 5) is 11.6. The summed E-state index contributed by atoms with van der Waals surface area (Å²) in [7, 11) is -1.55. The molecule has 0 radical (unpaired) electrons. The lowest BCUT2D eigenvalue weighted by Gasteiger charge is -2.13. The van der Waals surface area contributed by atoms with E-state index in [4.69, 9.17) is 4.18 Å². The van der Waals surface area contributed by atoms with Crippen molar-refractivity contribution >= 4 is 21.2 Å². The van der Waals surface area contributed by atoms with Crippen molar-refractivity contribution in [1.82, 2.24) is 9.13 Å². The highest BCUT2D eigenvalue weighted by molar-refractivity contribution is 7.87. The van der Waals surface area contributed by atoms with Crippen LogP contribution in [0, 0.1) is 0 Å². The van der Waals surface area contributed by atoms with Crippen LogP contribution in [0.3, 0.4) is 0 Å². The normalized spacial score (nSPS) is 12.5. The van der Waals surface area contributed by atoms with E-state index in [1.165, 1.54) is 47.5 Å². The summed E-state index contributed by atoms with van der Waals surface area (Å²) in [5.74, 6) is -0.818. The summed E-state index contributed by atoms with van der Waals surface area (Å²) in [5, 5.41) is 0. The Bertz CT molecular complexity index is 1160. The molecule has 6 nitrogen and oxygen atoms in total. The number of para-hydroxylation sites is 1. The average Bonchev–Trinajstić information content (AvgIpc) is 2.78. The standard InChI is InChI=1S/C16H13F3N2O4S/c1-20-12-8-7-10(9-13(12)21(2)15(20)22)26(23,24)25-14-6-4-3-5-11(14)16(17,18)19/h3-9H,1-2H3. The largest absolute Gasteiger partial charge is 0.420 e. The molecular weight excluding hydrogens is 373 g/mol. The monoisotopic (exact) mass is 386 g/mol. The second-order valence-electron chi connectivity index (χ2n) is 5.58. The maximum Gasteiger partial charge on any atom is 0.420 e. The fourth-order valence-electron chi connectivity index (χ4n) is 2.58. The third-order valence-corrected chi connectivity index (χ3v) is 5.15. The molecule has 3 aromatic rings. The van der Waals surface area contributed by atoms with Crippen molar-refractivity contribution in [2.75, 3.05) is 0 Å². The van der Waals surface area contributed by atoms with Crippen LogP contribution in [-0.2, 0) is 30.4 Å². The van der Waals surface area contributed by atoms with E-state index in [1.54, 1.807) is 0 Å². The first kappa shape index (κ1) is 18.1. The molecule has 0 N–H and O–H groups in total. The molecule has 0 atom stereocenters. The molecule has 0 saturated carbocycles. The van der Waals surface area contributed by atoms with E-state index in [9.17, 15) is 26.4 Å². The number of aromatic nitrogens is 2. The van der Waals surface area contributed by atoms with Crippen LogP contribution < -0.4 is 9.87 Å². The zero-order chi connectivity index (χ0) is 19.3. The van der Waals surface area contributed by atoms with Crippen molar-refractivity contribution in [1.29, 1.82) is 0 Å². The molecule has 0 fully saturated rings. The van der Waals surface area contributed by atoms with Crippen molar-refractivity contribution in [3.05, 3.63) is 58.5 Å². The predicted molar refractivity (Wildman–Crippen MR) is 87.4 cm³/mol. The SMILES string of the molecule is Cn1c(=O)n(C)c2cc(S(=O)(=O)Oc3ccccc3C(F)(F)F)ccc21. The van der Waals surface area contributed by atoms with Gasteiger partial charge < -0.3 is 4.18 Å². The van der Waals surface area contributed by atoms with Gasteiger partial charge in [-0.1, -0.05) is 12.1 Å². The molecule has 0 unspecified atom stereocenters. The fraction of sp³-hybridized carbons (Fsp3) is 0.188. The van der Waals surface area contributed by atoms with Gasteiger partial charge in [-0.15, -0.1) is 0 Å². The van der Waals surface area contributed by atoms with Crippen molar-refractivity contribution in [3.8, 4) is 5.75 Å². The molecule has 0 saturated heterocycles. The van der Waals surface area contributed by atoms with E-state index in [2.05, 4.69) is 0 Å². The van der Waals surface area contributed by atoms with E-state index in [1.807, 2.05) is 0 Å². The van der Waals surface area contributed by atoms with Crippen LogP contribution in [0.15, 0.2) is 52.2 Å². The first-order chi connectivity index (χ1) is 12.0.